The third-order valence-corrected chi connectivity index (χ3v) is 4.08. The highest BCUT2D eigenvalue weighted by Crippen LogP contribution is 2.28. The highest BCUT2D eigenvalue weighted by atomic mass is 19.1. The van der Waals surface area contributed by atoms with Crippen LogP contribution in [0.15, 0.2) is 83.4 Å². The number of nitrogens with zero attached hydrogens (tertiary/aromatic N) is 2. The number of amides is 1. The van der Waals surface area contributed by atoms with Crippen LogP contribution in [0.5, 0.6) is 5.75 Å². The van der Waals surface area contributed by atoms with Crippen LogP contribution in [0.1, 0.15) is 0 Å². The molecule has 0 bridgehead atoms. The van der Waals surface area contributed by atoms with Crippen LogP contribution < -0.4 is 10.1 Å². The molecule has 29 heavy (non-hydrogen) atoms. The fraction of sp³-hybridized carbons (Fsp3) is 0.0455. The number of rotatable bonds is 6. The van der Waals surface area contributed by atoms with E-state index in [1.54, 1.807) is 36.4 Å². The van der Waals surface area contributed by atoms with Crippen molar-refractivity contribution in [3.8, 4) is 28.6 Å². The van der Waals surface area contributed by atoms with E-state index in [0.29, 0.717) is 17.1 Å². The number of hydrogen-bond donors (Lipinski definition) is 1. The van der Waals surface area contributed by atoms with Gasteiger partial charge < -0.3 is 14.6 Å². The van der Waals surface area contributed by atoms with Crippen LogP contribution in [-0.4, -0.2) is 22.7 Å². The third kappa shape index (κ3) is 4.30. The summed E-state index contributed by atoms with van der Waals surface area (Å²) in [6.07, 6.45) is 0. The second-order valence-corrected chi connectivity index (χ2v) is 6.10. The number of halogens is 1. The van der Waals surface area contributed by atoms with E-state index in [1.807, 2.05) is 30.3 Å². The molecule has 6 nitrogen and oxygen atoms in total. The molecule has 4 aromatic rings. The number of ether oxygens (including phenoxy) is 1. The molecule has 1 aromatic heterocycles. The van der Waals surface area contributed by atoms with Crippen molar-refractivity contribution in [2.45, 2.75) is 0 Å². The summed E-state index contributed by atoms with van der Waals surface area (Å²) in [5.74, 6) is -0.233. The quantitative estimate of drug-likeness (QED) is 0.523. The molecule has 1 N–H and O–H groups in total. The Bertz CT molecular complexity index is 1130. The average molecular weight is 389 g/mol. The van der Waals surface area contributed by atoms with Gasteiger partial charge in [0.2, 0.25) is 5.82 Å². The maximum atomic E-state index is 13.6. The van der Waals surface area contributed by atoms with E-state index in [1.165, 1.54) is 12.1 Å². The van der Waals surface area contributed by atoms with Gasteiger partial charge in [-0.3, -0.25) is 4.79 Å². The molecule has 0 radical (unpaired) electrons. The van der Waals surface area contributed by atoms with Gasteiger partial charge in [-0.05, 0) is 24.3 Å². The first-order chi connectivity index (χ1) is 14.2. The molecular formula is C22H16FN3O3. The molecule has 1 heterocycles. The van der Waals surface area contributed by atoms with Gasteiger partial charge >= 0.3 is 0 Å². The molecule has 0 spiro atoms. The van der Waals surface area contributed by atoms with Crippen molar-refractivity contribution in [3.63, 3.8) is 0 Å². The maximum absolute atomic E-state index is 13.6. The standard InChI is InChI=1S/C22H16FN3O3/c23-17-11-5-7-13-19(17)28-14-20(27)24-18-12-6-4-10-16(18)22-25-21(26-29-22)15-8-2-1-3-9-15/h1-13H,14H2,(H,24,27). The predicted molar refractivity (Wildman–Crippen MR) is 106 cm³/mol. The lowest BCUT2D eigenvalue weighted by Gasteiger charge is -2.10. The Hall–Kier alpha value is -4.00. The number of aromatic nitrogens is 2. The van der Waals surface area contributed by atoms with Crippen LogP contribution in [0.2, 0.25) is 0 Å². The molecule has 7 heteroatoms. The molecule has 0 saturated carbocycles. The number of hydrogen-bond acceptors (Lipinski definition) is 5. The molecule has 0 aliphatic heterocycles. The van der Waals surface area contributed by atoms with Gasteiger partial charge in [-0.25, -0.2) is 4.39 Å². The van der Waals surface area contributed by atoms with Crippen molar-refractivity contribution in [2.75, 3.05) is 11.9 Å². The second-order valence-electron chi connectivity index (χ2n) is 6.10. The van der Waals surface area contributed by atoms with Crippen molar-refractivity contribution < 1.29 is 18.4 Å². The number of carbonyl (C=O) groups is 1. The van der Waals surface area contributed by atoms with E-state index < -0.39 is 11.7 Å². The van der Waals surface area contributed by atoms with Gasteiger partial charge in [0.05, 0.1) is 11.3 Å². The lowest BCUT2D eigenvalue weighted by Crippen LogP contribution is -2.20. The Kier molecular flexibility index (Phi) is 5.29. The van der Waals surface area contributed by atoms with Gasteiger partial charge in [-0.15, -0.1) is 0 Å². The number of nitrogens with one attached hydrogen (secondary N) is 1. The molecule has 0 unspecified atom stereocenters. The van der Waals surface area contributed by atoms with E-state index in [9.17, 15) is 9.18 Å². The first-order valence-electron chi connectivity index (χ1n) is 8.86. The van der Waals surface area contributed by atoms with Crippen molar-refractivity contribution in [3.05, 3.63) is 84.7 Å². The molecule has 0 fully saturated rings. The van der Waals surface area contributed by atoms with Crippen molar-refractivity contribution in [1.29, 1.82) is 0 Å². The topological polar surface area (TPSA) is 77.2 Å². The third-order valence-electron chi connectivity index (χ3n) is 4.08. The number of carbonyl (C=O) groups excluding carboxylic acids is 1. The Labute approximate surface area is 166 Å². The summed E-state index contributed by atoms with van der Waals surface area (Å²) in [5.41, 5.74) is 1.88. The van der Waals surface area contributed by atoms with E-state index in [0.717, 1.165) is 5.56 Å². The van der Waals surface area contributed by atoms with Gasteiger partial charge in [0.1, 0.15) is 0 Å². The van der Waals surface area contributed by atoms with Gasteiger partial charge in [0.15, 0.2) is 18.2 Å². The van der Waals surface area contributed by atoms with Crippen LogP contribution in [0, 0.1) is 5.82 Å². The smallest absolute Gasteiger partial charge is 0.262 e. The molecule has 144 valence electrons. The monoisotopic (exact) mass is 389 g/mol. The molecule has 1 amide bonds. The summed E-state index contributed by atoms with van der Waals surface area (Å²) in [6, 6.07) is 22.4. The molecule has 3 aromatic carbocycles. The van der Waals surface area contributed by atoms with Crippen LogP contribution >= 0.6 is 0 Å². The van der Waals surface area contributed by atoms with Crippen LogP contribution in [0.4, 0.5) is 10.1 Å². The highest BCUT2D eigenvalue weighted by Gasteiger charge is 2.16. The molecule has 0 saturated heterocycles. The summed E-state index contributed by atoms with van der Waals surface area (Å²) in [5, 5.41) is 6.74. The van der Waals surface area contributed by atoms with Gasteiger partial charge in [-0.2, -0.15) is 4.98 Å². The number of para-hydroxylation sites is 2. The fourth-order valence-electron chi connectivity index (χ4n) is 2.71. The normalized spacial score (nSPS) is 10.5. The maximum Gasteiger partial charge on any atom is 0.262 e. The van der Waals surface area contributed by atoms with E-state index in [2.05, 4.69) is 15.5 Å². The first-order valence-corrected chi connectivity index (χ1v) is 8.86. The van der Waals surface area contributed by atoms with E-state index in [-0.39, 0.29) is 18.2 Å². The zero-order chi connectivity index (χ0) is 20.1. The van der Waals surface area contributed by atoms with Crippen LogP contribution in [0.25, 0.3) is 22.8 Å². The largest absolute Gasteiger partial charge is 0.481 e. The molecule has 4 rings (SSSR count). The van der Waals surface area contributed by atoms with E-state index in [4.69, 9.17) is 9.26 Å². The Morgan fingerprint density at radius 1 is 0.966 bits per heavy atom. The van der Waals surface area contributed by atoms with E-state index >= 15 is 0 Å². The zero-order valence-corrected chi connectivity index (χ0v) is 15.2. The minimum absolute atomic E-state index is 0.0142. The van der Waals surface area contributed by atoms with Crippen molar-refractivity contribution >= 4 is 11.6 Å². The van der Waals surface area contributed by atoms with Gasteiger partial charge in [0, 0.05) is 5.56 Å². The Morgan fingerprint density at radius 2 is 1.69 bits per heavy atom. The number of benzene rings is 3. The minimum Gasteiger partial charge on any atom is -0.481 e. The predicted octanol–water partition coefficient (Wildman–Crippen LogP) is 4.56. The Balaban J connectivity index is 1.49. The lowest BCUT2D eigenvalue weighted by molar-refractivity contribution is -0.118. The summed E-state index contributed by atoms with van der Waals surface area (Å²) in [6.45, 7) is -0.339. The van der Waals surface area contributed by atoms with Crippen LogP contribution in [-0.2, 0) is 4.79 Å². The summed E-state index contributed by atoms with van der Waals surface area (Å²) in [7, 11) is 0. The fourth-order valence-corrected chi connectivity index (χ4v) is 2.71. The first kappa shape index (κ1) is 18.4. The SMILES string of the molecule is O=C(COc1ccccc1F)Nc1ccccc1-c1nc(-c2ccccc2)no1. The molecule has 0 atom stereocenters. The highest BCUT2D eigenvalue weighted by molar-refractivity contribution is 5.95. The minimum atomic E-state index is -0.528. The Morgan fingerprint density at radius 3 is 2.52 bits per heavy atom. The summed E-state index contributed by atoms with van der Waals surface area (Å²) in [4.78, 5) is 16.7. The summed E-state index contributed by atoms with van der Waals surface area (Å²) >= 11 is 0. The molecular weight excluding hydrogens is 373 g/mol. The molecule has 0 aliphatic rings. The van der Waals surface area contributed by atoms with Gasteiger partial charge in [0.25, 0.3) is 11.8 Å². The van der Waals surface area contributed by atoms with Crippen molar-refractivity contribution in [2.24, 2.45) is 0 Å². The number of anilines is 1. The summed E-state index contributed by atoms with van der Waals surface area (Å²) < 4.78 is 24.2. The van der Waals surface area contributed by atoms with Crippen LogP contribution in [0.3, 0.4) is 0 Å². The second kappa shape index (κ2) is 8.35. The lowest BCUT2D eigenvalue weighted by atomic mass is 10.1. The molecule has 0 aliphatic carbocycles. The zero-order valence-electron chi connectivity index (χ0n) is 15.2. The average Bonchev–Trinajstić information content (AvgIpc) is 3.24. The van der Waals surface area contributed by atoms with Gasteiger partial charge in [-0.1, -0.05) is 59.8 Å². The van der Waals surface area contributed by atoms with Crippen molar-refractivity contribution in [1.82, 2.24) is 10.1 Å².